The van der Waals surface area contributed by atoms with E-state index in [2.05, 4.69) is 54.6 Å². The highest BCUT2D eigenvalue weighted by atomic mass is 16.3. The summed E-state index contributed by atoms with van der Waals surface area (Å²) in [6, 6.07) is 4.78. The zero-order valence-corrected chi connectivity index (χ0v) is 18.4. The van der Waals surface area contributed by atoms with Crippen molar-refractivity contribution in [3.63, 3.8) is 0 Å². The van der Waals surface area contributed by atoms with E-state index in [4.69, 9.17) is 0 Å². The number of anilines is 1. The van der Waals surface area contributed by atoms with Crippen molar-refractivity contribution in [1.82, 2.24) is 14.8 Å². The Kier molecular flexibility index (Phi) is 5.36. The van der Waals surface area contributed by atoms with Crippen LogP contribution in [0, 0.1) is 5.41 Å². The number of hydrogen-bond acceptors (Lipinski definition) is 5. The topological polar surface area (TPSA) is 59.9 Å². The number of piperidine rings is 1. The van der Waals surface area contributed by atoms with Gasteiger partial charge in [-0.25, -0.2) is 4.98 Å². The maximum atomic E-state index is 12.7. The van der Waals surface area contributed by atoms with E-state index in [9.17, 15) is 9.90 Å². The predicted octanol–water partition coefficient (Wildman–Crippen LogP) is 2.48. The molecule has 0 atom stereocenters. The minimum Gasteiger partial charge on any atom is -0.389 e. The van der Waals surface area contributed by atoms with E-state index in [1.165, 1.54) is 5.56 Å². The lowest BCUT2D eigenvalue weighted by atomic mass is 9.72. The SMILES string of the molecule is CC(C)c1ccc(N2CC3(CN(C(=O)CC4(O)CCN(C(C)C)CC4)C3)C2)nc1. The average Bonchev–Trinajstić information content (AvgIpc) is 2.59. The zero-order valence-electron chi connectivity index (χ0n) is 18.4. The quantitative estimate of drug-likeness (QED) is 0.823. The van der Waals surface area contributed by atoms with Crippen LogP contribution < -0.4 is 4.90 Å². The molecule has 0 aliphatic carbocycles. The zero-order chi connectivity index (χ0) is 20.8. The first-order chi connectivity index (χ1) is 13.7. The first-order valence-electron chi connectivity index (χ1n) is 11.1. The Morgan fingerprint density at radius 1 is 1.10 bits per heavy atom. The summed E-state index contributed by atoms with van der Waals surface area (Å²) in [6.07, 6.45) is 3.65. The molecule has 3 saturated heterocycles. The molecule has 0 bridgehead atoms. The second-order valence-corrected chi connectivity index (χ2v) is 10.2. The highest BCUT2D eigenvalue weighted by Crippen LogP contribution is 2.42. The van der Waals surface area contributed by atoms with Crippen molar-refractivity contribution < 1.29 is 9.90 Å². The third-order valence-corrected chi connectivity index (χ3v) is 7.16. The number of aromatic nitrogens is 1. The van der Waals surface area contributed by atoms with Crippen LogP contribution in [0.15, 0.2) is 18.3 Å². The van der Waals surface area contributed by atoms with Crippen molar-refractivity contribution in [2.45, 2.75) is 64.5 Å². The molecule has 160 valence electrons. The maximum absolute atomic E-state index is 12.7. The van der Waals surface area contributed by atoms with Crippen molar-refractivity contribution in [2.24, 2.45) is 5.41 Å². The molecule has 0 saturated carbocycles. The summed E-state index contributed by atoms with van der Waals surface area (Å²) in [5.41, 5.74) is 0.679. The fourth-order valence-corrected chi connectivity index (χ4v) is 5.02. The molecular formula is C23H36N4O2. The van der Waals surface area contributed by atoms with E-state index in [-0.39, 0.29) is 17.7 Å². The van der Waals surface area contributed by atoms with E-state index in [1.54, 1.807) is 0 Å². The van der Waals surface area contributed by atoms with Gasteiger partial charge in [0, 0.05) is 56.9 Å². The van der Waals surface area contributed by atoms with Crippen LogP contribution >= 0.6 is 0 Å². The number of nitrogens with zero attached hydrogens (tertiary/aromatic N) is 4. The molecule has 29 heavy (non-hydrogen) atoms. The normalized spacial score (nSPS) is 23.4. The second kappa shape index (κ2) is 7.55. The molecule has 1 aromatic heterocycles. The number of carbonyl (C=O) groups excluding carboxylic acids is 1. The maximum Gasteiger partial charge on any atom is 0.225 e. The fraction of sp³-hybridized carbons (Fsp3) is 0.739. The van der Waals surface area contributed by atoms with Gasteiger partial charge in [-0.3, -0.25) is 4.79 Å². The first-order valence-corrected chi connectivity index (χ1v) is 11.1. The van der Waals surface area contributed by atoms with E-state index in [1.807, 2.05) is 11.1 Å². The lowest BCUT2D eigenvalue weighted by Crippen LogP contribution is -2.73. The lowest BCUT2D eigenvalue weighted by Gasteiger charge is -2.60. The van der Waals surface area contributed by atoms with Crippen molar-refractivity contribution in [1.29, 1.82) is 0 Å². The molecule has 1 amide bonds. The van der Waals surface area contributed by atoms with Crippen molar-refractivity contribution >= 4 is 11.7 Å². The molecular weight excluding hydrogens is 364 g/mol. The van der Waals surface area contributed by atoms with Gasteiger partial charge in [0.25, 0.3) is 0 Å². The fourth-order valence-electron chi connectivity index (χ4n) is 5.02. The van der Waals surface area contributed by atoms with E-state index in [0.717, 1.165) is 45.1 Å². The monoisotopic (exact) mass is 400 g/mol. The smallest absolute Gasteiger partial charge is 0.225 e. The largest absolute Gasteiger partial charge is 0.389 e. The van der Waals surface area contributed by atoms with Gasteiger partial charge in [-0.05, 0) is 44.2 Å². The number of likely N-dealkylation sites (tertiary alicyclic amines) is 2. The lowest BCUT2D eigenvalue weighted by molar-refractivity contribution is -0.152. The summed E-state index contributed by atoms with van der Waals surface area (Å²) in [5.74, 6) is 1.66. The molecule has 6 heteroatoms. The Hall–Kier alpha value is -1.66. The van der Waals surface area contributed by atoms with Crippen LogP contribution in [0.1, 0.15) is 58.4 Å². The van der Waals surface area contributed by atoms with Gasteiger partial charge in [0.05, 0.1) is 12.0 Å². The number of rotatable bonds is 5. The number of pyridine rings is 1. The van der Waals surface area contributed by atoms with Crippen LogP contribution in [0.25, 0.3) is 0 Å². The molecule has 1 spiro atoms. The summed E-state index contributed by atoms with van der Waals surface area (Å²) < 4.78 is 0. The van der Waals surface area contributed by atoms with Crippen LogP contribution in [0.5, 0.6) is 0 Å². The van der Waals surface area contributed by atoms with E-state index < -0.39 is 5.60 Å². The second-order valence-electron chi connectivity index (χ2n) is 10.2. The summed E-state index contributed by atoms with van der Waals surface area (Å²) >= 11 is 0. The molecule has 3 aliphatic heterocycles. The minimum absolute atomic E-state index is 0.119. The Labute approximate surface area is 174 Å². The van der Waals surface area contributed by atoms with Crippen LogP contribution in [-0.2, 0) is 4.79 Å². The summed E-state index contributed by atoms with van der Waals surface area (Å²) in [5, 5.41) is 10.9. The molecule has 1 aromatic rings. The van der Waals surface area contributed by atoms with E-state index >= 15 is 0 Å². The molecule has 6 nitrogen and oxygen atoms in total. The van der Waals surface area contributed by atoms with Gasteiger partial charge >= 0.3 is 0 Å². The summed E-state index contributed by atoms with van der Waals surface area (Å²) in [6.45, 7) is 14.1. The van der Waals surface area contributed by atoms with Gasteiger partial charge in [-0.1, -0.05) is 19.9 Å². The van der Waals surface area contributed by atoms with Crippen LogP contribution in [0.3, 0.4) is 0 Å². The van der Waals surface area contributed by atoms with Gasteiger partial charge in [0.15, 0.2) is 0 Å². The molecule has 0 radical (unpaired) electrons. The van der Waals surface area contributed by atoms with Gasteiger partial charge in [-0.15, -0.1) is 0 Å². The Balaban J connectivity index is 1.23. The standard InChI is InChI=1S/C23H36N4O2/c1-17(2)19-5-6-20(24-12-19)26-13-22(14-26)15-27(16-22)21(28)11-23(29)7-9-25(10-8-23)18(3)4/h5-6,12,17-18,29H,7-11,13-16H2,1-4H3. The number of hydrogen-bond donors (Lipinski definition) is 1. The summed E-state index contributed by atoms with van der Waals surface area (Å²) in [7, 11) is 0. The molecule has 3 fully saturated rings. The van der Waals surface area contributed by atoms with Gasteiger partial charge in [0.2, 0.25) is 5.91 Å². The number of carbonyl (C=O) groups is 1. The van der Waals surface area contributed by atoms with Gasteiger partial charge in [0.1, 0.15) is 5.82 Å². The Bertz CT molecular complexity index is 724. The Morgan fingerprint density at radius 3 is 2.28 bits per heavy atom. The highest BCUT2D eigenvalue weighted by Gasteiger charge is 2.54. The van der Waals surface area contributed by atoms with E-state index in [0.29, 0.717) is 24.8 Å². The van der Waals surface area contributed by atoms with Crippen LogP contribution in [0.4, 0.5) is 5.82 Å². The molecule has 3 aliphatic rings. The minimum atomic E-state index is -0.820. The van der Waals surface area contributed by atoms with Crippen LogP contribution in [0.2, 0.25) is 0 Å². The predicted molar refractivity (Wildman–Crippen MR) is 115 cm³/mol. The third kappa shape index (κ3) is 4.15. The third-order valence-electron chi connectivity index (χ3n) is 7.16. The molecule has 0 unspecified atom stereocenters. The molecule has 4 rings (SSSR count). The van der Waals surface area contributed by atoms with Crippen molar-refractivity contribution in [2.75, 3.05) is 44.2 Å². The first kappa shape index (κ1) is 20.6. The number of aliphatic hydroxyl groups is 1. The molecule has 0 aromatic carbocycles. The van der Waals surface area contributed by atoms with Crippen molar-refractivity contribution in [3.8, 4) is 0 Å². The van der Waals surface area contributed by atoms with Gasteiger partial charge in [-0.2, -0.15) is 0 Å². The summed E-state index contributed by atoms with van der Waals surface area (Å²) in [4.78, 5) is 24.0. The number of amides is 1. The highest BCUT2D eigenvalue weighted by molar-refractivity contribution is 5.78. The van der Waals surface area contributed by atoms with Crippen molar-refractivity contribution in [3.05, 3.63) is 23.9 Å². The van der Waals surface area contributed by atoms with Gasteiger partial charge < -0.3 is 19.8 Å². The molecule has 1 N–H and O–H groups in total. The Morgan fingerprint density at radius 2 is 1.76 bits per heavy atom. The van der Waals surface area contributed by atoms with Crippen LogP contribution in [-0.4, -0.2) is 76.7 Å². The molecule has 4 heterocycles. The average molecular weight is 401 g/mol.